The first-order chi connectivity index (χ1) is 10.4. The Morgan fingerprint density at radius 1 is 1.19 bits per heavy atom. The van der Waals surface area contributed by atoms with Crippen molar-refractivity contribution in [1.82, 2.24) is 29.5 Å². The smallest absolute Gasteiger partial charge is 0.153 e. The molecule has 5 rings (SSSR count). The van der Waals surface area contributed by atoms with Crippen molar-refractivity contribution in [2.45, 2.75) is 18.8 Å². The van der Waals surface area contributed by atoms with E-state index in [0.717, 1.165) is 33.8 Å². The molecule has 6 nitrogen and oxygen atoms in total. The zero-order valence-electron chi connectivity index (χ0n) is 11.2. The summed E-state index contributed by atoms with van der Waals surface area (Å²) in [6.45, 7) is 0. The van der Waals surface area contributed by atoms with Gasteiger partial charge in [-0.3, -0.25) is 0 Å². The van der Waals surface area contributed by atoms with E-state index in [2.05, 4.69) is 25.0 Å². The summed E-state index contributed by atoms with van der Waals surface area (Å²) in [5.41, 5.74) is 3.62. The fourth-order valence-electron chi connectivity index (χ4n) is 2.63. The summed E-state index contributed by atoms with van der Waals surface area (Å²) in [7, 11) is 0. The minimum Gasteiger partial charge on any atom is -0.345 e. The van der Waals surface area contributed by atoms with Crippen LogP contribution >= 0.6 is 0 Å². The predicted octanol–water partition coefficient (Wildman–Crippen LogP) is 2.55. The van der Waals surface area contributed by atoms with Crippen LogP contribution in [0.2, 0.25) is 0 Å². The largest absolute Gasteiger partial charge is 0.345 e. The Morgan fingerprint density at radius 3 is 3.05 bits per heavy atom. The van der Waals surface area contributed by atoms with Gasteiger partial charge in [0.1, 0.15) is 11.5 Å². The maximum atomic E-state index is 4.62. The molecule has 0 atom stereocenters. The van der Waals surface area contributed by atoms with Crippen LogP contribution in [0.4, 0.5) is 0 Å². The minimum atomic E-state index is 0.557. The summed E-state index contributed by atoms with van der Waals surface area (Å²) in [6, 6.07) is 3.93. The third-order valence-corrected chi connectivity index (χ3v) is 3.92. The molecule has 4 aromatic heterocycles. The normalized spacial score (nSPS) is 15.0. The molecule has 21 heavy (non-hydrogen) atoms. The zero-order chi connectivity index (χ0) is 13.8. The van der Waals surface area contributed by atoms with Crippen LogP contribution in [-0.4, -0.2) is 29.5 Å². The SMILES string of the molecule is c1cn2nc(-c3c[nH]c4nc(C5CC5)ncc34)ccc2n1. The molecule has 4 heterocycles. The van der Waals surface area contributed by atoms with Crippen molar-refractivity contribution >= 4 is 16.7 Å². The standard InChI is InChI=1S/C15H12N6/c1-2-9(1)14-17-8-11-10(7-18-15(11)19-14)12-3-4-13-16-5-6-21(13)20-12/h3-9H,1-2H2,(H,17,18,19). The van der Waals surface area contributed by atoms with E-state index in [4.69, 9.17) is 0 Å². The highest BCUT2D eigenvalue weighted by Gasteiger charge is 2.27. The summed E-state index contributed by atoms with van der Waals surface area (Å²) in [6.07, 6.45) is 9.85. The van der Waals surface area contributed by atoms with E-state index in [1.807, 2.05) is 30.7 Å². The van der Waals surface area contributed by atoms with E-state index >= 15 is 0 Å². The van der Waals surface area contributed by atoms with Crippen LogP contribution in [0.5, 0.6) is 0 Å². The molecule has 0 radical (unpaired) electrons. The molecule has 4 aromatic rings. The molecule has 102 valence electrons. The Balaban J connectivity index is 1.68. The lowest BCUT2D eigenvalue weighted by molar-refractivity contribution is 0.941. The molecule has 1 aliphatic carbocycles. The van der Waals surface area contributed by atoms with E-state index in [0.29, 0.717) is 5.92 Å². The summed E-state index contributed by atoms with van der Waals surface area (Å²) < 4.78 is 1.77. The van der Waals surface area contributed by atoms with Gasteiger partial charge in [-0.1, -0.05) is 0 Å². The Bertz CT molecular complexity index is 963. The molecule has 1 saturated carbocycles. The maximum Gasteiger partial charge on any atom is 0.153 e. The molecule has 6 heteroatoms. The molecule has 1 N–H and O–H groups in total. The fourth-order valence-corrected chi connectivity index (χ4v) is 2.63. The second-order valence-electron chi connectivity index (χ2n) is 5.42. The van der Waals surface area contributed by atoms with Crippen molar-refractivity contribution in [3.05, 3.63) is 42.7 Å². The first-order valence-electron chi connectivity index (χ1n) is 7.03. The second kappa shape index (κ2) is 3.88. The number of nitrogens with zero attached hydrogens (tertiary/aromatic N) is 5. The van der Waals surface area contributed by atoms with Gasteiger partial charge in [0.2, 0.25) is 0 Å². The Hall–Kier alpha value is -2.76. The molecular formula is C15H12N6. The van der Waals surface area contributed by atoms with Crippen molar-refractivity contribution in [1.29, 1.82) is 0 Å². The molecule has 1 aliphatic rings. The number of hydrogen-bond donors (Lipinski definition) is 1. The summed E-state index contributed by atoms with van der Waals surface area (Å²) in [4.78, 5) is 16.6. The van der Waals surface area contributed by atoms with Gasteiger partial charge in [-0.2, -0.15) is 5.10 Å². The van der Waals surface area contributed by atoms with Gasteiger partial charge in [-0.25, -0.2) is 19.5 Å². The number of aromatic amines is 1. The van der Waals surface area contributed by atoms with E-state index in [1.165, 1.54) is 12.8 Å². The second-order valence-corrected chi connectivity index (χ2v) is 5.42. The summed E-state index contributed by atoms with van der Waals surface area (Å²) in [5.74, 6) is 1.51. The van der Waals surface area contributed by atoms with Gasteiger partial charge in [-0.15, -0.1) is 0 Å². The third kappa shape index (κ3) is 1.65. The zero-order valence-corrected chi connectivity index (χ0v) is 11.2. The van der Waals surface area contributed by atoms with Crippen molar-refractivity contribution in [2.75, 3.05) is 0 Å². The van der Waals surface area contributed by atoms with Crippen LogP contribution < -0.4 is 0 Å². The van der Waals surface area contributed by atoms with Crippen molar-refractivity contribution in [2.24, 2.45) is 0 Å². The quantitative estimate of drug-likeness (QED) is 0.610. The molecule has 0 saturated heterocycles. The van der Waals surface area contributed by atoms with Crippen LogP contribution in [0.3, 0.4) is 0 Å². The molecule has 0 aromatic carbocycles. The topological polar surface area (TPSA) is 71.8 Å². The van der Waals surface area contributed by atoms with Gasteiger partial charge >= 0.3 is 0 Å². The number of H-pyrrole nitrogens is 1. The van der Waals surface area contributed by atoms with Crippen LogP contribution in [0, 0.1) is 0 Å². The minimum absolute atomic E-state index is 0.557. The average Bonchev–Trinajstić information content (AvgIpc) is 3.11. The summed E-state index contributed by atoms with van der Waals surface area (Å²) in [5, 5.41) is 5.58. The molecule has 0 spiro atoms. The van der Waals surface area contributed by atoms with Crippen molar-refractivity contribution < 1.29 is 0 Å². The lowest BCUT2D eigenvalue weighted by atomic mass is 10.2. The van der Waals surface area contributed by atoms with E-state index < -0.39 is 0 Å². The maximum absolute atomic E-state index is 4.62. The highest BCUT2D eigenvalue weighted by molar-refractivity contribution is 5.91. The number of nitrogens with one attached hydrogen (secondary N) is 1. The molecular weight excluding hydrogens is 264 g/mol. The lowest BCUT2D eigenvalue weighted by Crippen LogP contribution is -1.94. The Morgan fingerprint density at radius 2 is 2.14 bits per heavy atom. The van der Waals surface area contributed by atoms with Gasteiger partial charge in [-0.05, 0) is 25.0 Å². The van der Waals surface area contributed by atoms with E-state index in [1.54, 1.807) is 10.7 Å². The van der Waals surface area contributed by atoms with Gasteiger partial charge in [0.25, 0.3) is 0 Å². The van der Waals surface area contributed by atoms with Crippen molar-refractivity contribution in [3.63, 3.8) is 0 Å². The fraction of sp³-hybridized carbons (Fsp3) is 0.200. The van der Waals surface area contributed by atoms with Gasteiger partial charge < -0.3 is 4.98 Å². The molecule has 0 unspecified atom stereocenters. The lowest BCUT2D eigenvalue weighted by Gasteiger charge is -2.00. The monoisotopic (exact) mass is 276 g/mol. The van der Waals surface area contributed by atoms with E-state index in [9.17, 15) is 0 Å². The Labute approximate surface area is 119 Å². The van der Waals surface area contributed by atoms with Gasteiger partial charge in [0.15, 0.2) is 5.65 Å². The first kappa shape index (κ1) is 11.0. The van der Waals surface area contributed by atoms with Crippen LogP contribution in [0.25, 0.3) is 27.9 Å². The molecule has 0 aliphatic heterocycles. The molecule has 0 amide bonds. The first-order valence-corrected chi connectivity index (χ1v) is 7.03. The van der Waals surface area contributed by atoms with Crippen LogP contribution in [0.1, 0.15) is 24.6 Å². The number of aromatic nitrogens is 6. The van der Waals surface area contributed by atoms with Crippen LogP contribution in [0.15, 0.2) is 36.9 Å². The van der Waals surface area contributed by atoms with Gasteiger partial charge in [0.05, 0.1) is 5.69 Å². The number of hydrogen-bond acceptors (Lipinski definition) is 4. The van der Waals surface area contributed by atoms with Gasteiger partial charge in [0, 0.05) is 41.7 Å². The number of fused-ring (bicyclic) bond motifs is 2. The van der Waals surface area contributed by atoms with Crippen LogP contribution in [-0.2, 0) is 0 Å². The number of rotatable bonds is 2. The average molecular weight is 276 g/mol. The van der Waals surface area contributed by atoms with Crippen molar-refractivity contribution in [3.8, 4) is 11.3 Å². The predicted molar refractivity (Wildman–Crippen MR) is 77.8 cm³/mol. The third-order valence-electron chi connectivity index (χ3n) is 3.92. The molecule has 1 fully saturated rings. The summed E-state index contributed by atoms with van der Waals surface area (Å²) >= 11 is 0. The highest BCUT2D eigenvalue weighted by Crippen LogP contribution is 2.38. The van der Waals surface area contributed by atoms with E-state index in [-0.39, 0.29) is 0 Å². The number of imidazole rings is 1. The highest BCUT2D eigenvalue weighted by atomic mass is 15.2. The molecule has 0 bridgehead atoms. The Kier molecular flexibility index (Phi) is 2.02.